The van der Waals surface area contributed by atoms with Crippen molar-refractivity contribution in [1.82, 2.24) is 20.4 Å². The summed E-state index contributed by atoms with van der Waals surface area (Å²) in [5.41, 5.74) is -0.0662. The highest BCUT2D eigenvalue weighted by molar-refractivity contribution is 9.09. The Labute approximate surface area is 244 Å². The number of amides is 3. The maximum absolute atomic E-state index is 14.0. The van der Waals surface area contributed by atoms with Crippen LogP contribution in [0.5, 0.6) is 0 Å². The molecule has 4 aliphatic heterocycles. The molecule has 1 aromatic rings. The molecule has 3 N–H and O–H groups in total. The maximum Gasteiger partial charge on any atom is 0.245 e. The van der Waals surface area contributed by atoms with Crippen molar-refractivity contribution in [2.24, 2.45) is 11.8 Å². The lowest BCUT2D eigenvalue weighted by Crippen LogP contribution is -2.56. The van der Waals surface area contributed by atoms with Crippen molar-refractivity contribution in [3.8, 4) is 0 Å². The fourth-order valence-corrected chi connectivity index (χ4v) is 7.82. The van der Waals surface area contributed by atoms with Gasteiger partial charge in [0.15, 0.2) is 0 Å². The highest BCUT2D eigenvalue weighted by atomic mass is 79.9. The second-order valence-corrected chi connectivity index (χ2v) is 12.5. The van der Waals surface area contributed by atoms with Crippen molar-refractivity contribution in [3.63, 3.8) is 0 Å². The van der Waals surface area contributed by atoms with Gasteiger partial charge in [0.1, 0.15) is 11.6 Å². The van der Waals surface area contributed by atoms with Crippen LogP contribution in [-0.4, -0.2) is 108 Å². The van der Waals surface area contributed by atoms with Crippen molar-refractivity contribution in [1.29, 1.82) is 0 Å². The highest BCUT2D eigenvalue weighted by Gasteiger charge is 2.76. The van der Waals surface area contributed by atoms with E-state index in [0.717, 1.165) is 37.9 Å². The van der Waals surface area contributed by atoms with Gasteiger partial charge in [-0.05, 0) is 24.8 Å². The van der Waals surface area contributed by atoms with Gasteiger partial charge in [-0.25, -0.2) is 0 Å². The van der Waals surface area contributed by atoms with Gasteiger partial charge in [0.25, 0.3) is 0 Å². The SMILES string of the molecule is O=C(NCCN1CCOCC1)C1N(CCCCCCO)C(=O)[C@@H]2[C@H](C(=O)NCc3ccccc3)[C@H]3OC12CC3Br. The minimum absolute atomic E-state index is 0.128. The van der Waals surface area contributed by atoms with Crippen LogP contribution in [0.3, 0.4) is 0 Å². The molecular weight excluding hydrogens is 580 g/mol. The van der Waals surface area contributed by atoms with Crippen molar-refractivity contribution < 1.29 is 29.0 Å². The van der Waals surface area contributed by atoms with Gasteiger partial charge in [0, 0.05) is 50.7 Å². The standard InChI is InChI=1S/C29H41BrN4O6/c30-21-18-29-23(22(24(21)40-29)26(36)32-19-20-8-4-3-5-9-20)28(38)34(11-6-1-2-7-15-35)25(29)27(37)31-10-12-33-13-16-39-17-14-33/h3-5,8-9,21-25,35H,1-2,6-7,10-19H2,(H,31,37)(H,32,36)/t21?,22-,23-,24-,25?,29?/m0/s1. The van der Waals surface area contributed by atoms with E-state index in [9.17, 15) is 14.4 Å². The Morgan fingerprint density at radius 2 is 1.77 bits per heavy atom. The first kappa shape index (κ1) is 29.4. The first-order valence-electron chi connectivity index (χ1n) is 14.6. The first-order valence-corrected chi connectivity index (χ1v) is 15.5. The predicted molar refractivity (Wildman–Crippen MR) is 152 cm³/mol. The summed E-state index contributed by atoms with van der Waals surface area (Å²) < 4.78 is 12.0. The van der Waals surface area contributed by atoms with Crippen LogP contribution in [0.25, 0.3) is 0 Å². The van der Waals surface area contributed by atoms with Gasteiger partial charge in [0.2, 0.25) is 17.7 Å². The molecule has 3 unspecified atom stereocenters. The average molecular weight is 622 g/mol. The van der Waals surface area contributed by atoms with Gasteiger partial charge in [-0.15, -0.1) is 0 Å². The number of benzene rings is 1. The fraction of sp³-hybridized carbons (Fsp3) is 0.690. The van der Waals surface area contributed by atoms with Gasteiger partial charge >= 0.3 is 0 Å². The van der Waals surface area contributed by atoms with Gasteiger partial charge < -0.3 is 30.1 Å². The predicted octanol–water partition coefficient (Wildman–Crippen LogP) is 1.05. The molecule has 1 spiro atoms. The van der Waals surface area contributed by atoms with Gasteiger partial charge in [-0.3, -0.25) is 19.3 Å². The summed E-state index contributed by atoms with van der Waals surface area (Å²) in [5, 5.41) is 15.2. The Morgan fingerprint density at radius 3 is 2.52 bits per heavy atom. The van der Waals surface area contributed by atoms with Crippen molar-refractivity contribution in [2.75, 3.05) is 52.5 Å². The molecule has 0 aromatic heterocycles. The smallest absolute Gasteiger partial charge is 0.245 e. The normalized spacial score (nSPS) is 31.4. The summed E-state index contributed by atoms with van der Waals surface area (Å²) in [5.74, 6) is -1.97. The molecule has 10 nitrogen and oxygen atoms in total. The van der Waals surface area contributed by atoms with E-state index in [1.165, 1.54) is 0 Å². The van der Waals surface area contributed by atoms with Crippen molar-refractivity contribution >= 4 is 33.7 Å². The number of hydrogen-bond acceptors (Lipinski definition) is 7. The number of nitrogens with one attached hydrogen (secondary N) is 2. The number of ether oxygens (including phenoxy) is 2. The van der Waals surface area contributed by atoms with Gasteiger partial charge in [-0.2, -0.15) is 0 Å². The third-order valence-corrected chi connectivity index (χ3v) is 9.63. The average Bonchev–Trinajstić information content (AvgIpc) is 3.56. The number of halogens is 1. The maximum atomic E-state index is 14.0. The molecule has 4 aliphatic rings. The van der Waals surface area contributed by atoms with Crippen LogP contribution in [0.15, 0.2) is 30.3 Å². The number of aliphatic hydroxyl groups excluding tert-OH is 1. The van der Waals surface area contributed by atoms with Crippen LogP contribution in [-0.2, 0) is 30.4 Å². The summed E-state index contributed by atoms with van der Waals surface area (Å²) in [6.45, 7) is 5.15. The fourth-order valence-electron chi connectivity index (χ4n) is 6.88. The third kappa shape index (κ3) is 5.94. The molecule has 4 fully saturated rings. The summed E-state index contributed by atoms with van der Waals surface area (Å²) in [4.78, 5) is 45.2. The number of aliphatic hydroxyl groups is 1. The summed E-state index contributed by atoms with van der Waals surface area (Å²) in [6.07, 6.45) is 3.16. The largest absolute Gasteiger partial charge is 0.396 e. The molecular formula is C29H41BrN4O6. The number of alkyl halides is 1. The number of fused-ring (bicyclic) bond motifs is 1. The molecule has 0 radical (unpaired) electrons. The van der Waals surface area contributed by atoms with Crippen molar-refractivity contribution in [3.05, 3.63) is 35.9 Å². The first-order chi connectivity index (χ1) is 19.5. The number of unbranched alkanes of at least 4 members (excludes halogenated alkanes) is 3. The molecule has 11 heteroatoms. The molecule has 3 amide bonds. The van der Waals surface area contributed by atoms with Crippen LogP contribution in [0.4, 0.5) is 0 Å². The van der Waals surface area contributed by atoms with E-state index < -0.39 is 29.6 Å². The molecule has 0 saturated carbocycles. The zero-order valence-electron chi connectivity index (χ0n) is 22.9. The quantitative estimate of drug-likeness (QED) is 0.223. The summed E-state index contributed by atoms with van der Waals surface area (Å²) in [6, 6.07) is 8.88. The molecule has 2 bridgehead atoms. The number of likely N-dealkylation sites (tertiary alicyclic amines) is 1. The van der Waals surface area contributed by atoms with E-state index in [1.54, 1.807) is 4.90 Å². The Balaban J connectivity index is 1.32. The molecule has 220 valence electrons. The molecule has 6 atom stereocenters. The van der Waals surface area contributed by atoms with E-state index >= 15 is 0 Å². The topological polar surface area (TPSA) is 120 Å². The third-order valence-electron chi connectivity index (χ3n) is 8.79. The highest BCUT2D eigenvalue weighted by Crippen LogP contribution is 2.60. The van der Waals surface area contributed by atoms with E-state index in [4.69, 9.17) is 14.6 Å². The number of hydrogen-bond donors (Lipinski definition) is 3. The van der Waals surface area contributed by atoms with Crippen LogP contribution >= 0.6 is 15.9 Å². The van der Waals surface area contributed by atoms with Crippen LogP contribution in [0, 0.1) is 11.8 Å². The second-order valence-electron chi connectivity index (χ2n) is 11.3. The number of carbonyl (C=O) groups is 3. The lowest BCUT2D eigenvalue weighted by atomic mass is 9.70. The lowest BCUT2D eigenvalue weighted by Gasteiger charge is -2.34. The number of carbonyl (C=O) groups excluding carboxylic acids is 3. The zero-order valence-corrected chi connectivity index (χ0v) is 24.5. The van der Waals surface area contributed by atoms with E-state index in [2.05, 4.69) is 31.5 Å². The van der Waals surface area contributed by atoms with E-state index in [0.29, 0.717) is 52.2 Å². The molecule has 5 rings (SSSR count). The van der Waals surface area contributed by atoms with E-state index in [1.807, 2.05) is 30.3 Å². The van der Waals surface area contributed by atoms with Crippen LogP contribution in [0.2, 0.25) is 0 Å². The molecule has 4 saturated heterocycles. The zero-order chi connectivity index (χ0) is 28.1. The number of rotatable bonds is 13. The molecule has 0 aliphatic carbocycles. The lowest BCUT2D eigenvalue weighted by molar-refractivity contribution is -0.142. The molecule has 40 heavy (non-hydrogen) atoms. The van der Waals surface area contributed by atoms with Crippen LogP contribution < -0.4 is 10.6 Å². The van der Waals surface area contributed by atoms with Crippen LogP contribution in [0.1, 0.15) is 37.7 Å². The molecule has 4 heterocycles. The Morgan fingerprint density at radius 1 is 1.02 bits per heavy atom. The Bertz CT molecular complexity index is 1040. The van der Waals surface area contributed by atoms with E-state index in [-0.39, 0.29) is 29.2 Å². The van der Waals surface area contributed by atoms with Gasteiger partial charge in [-0.1, -0.05) is 59.1 Å². The Hall–Kier alpha value is -2.05. The Kier molecular flexibility index (Phi) is 9.78. The summed E-state index contributed by atoms with van der Waals surface area (Å²) >= 11 is 3.73. The van der Waals surface area contributed by atoms with Crippen molar-refractivity contribution in [2.45, 2.75) is 61.2 Å². The minimum atomic E-state index is -1.04. The second kappa shape index (κ2) is 13.3. The molecule has 1 aromatic carbocycles. The number of morpholine rings is 1. The van der Waals surface area contributed by atoms with Gasteiger partial charge in [0.05, 0.1) is 31.2 Å². The number of nitrogens with zero attached hydrogens (tertiary/aromatic N) is 2. The monoisotopic (exact) mass is 620 g/mol. The minimum Gasteiger partial charge on any atom is -0.396 e. The summed E-state index contributed by atoms with van der Waals surface area (Å²) in [7, 11) is 0.